The quantitative estimate of drug-likeness (QED) is 0.0113. The number of para-hydroxylation sites is 1. The molecule has 0 radical (unpaired) electrons. The van der Waals surface area contributed by atoms with Crippen LogP contribution >= 0.6 is 11.8 Å². The maximum absolute atomic E-state index is 9.49. The highest BCUT2D eigenvalue weighted by Gasteiger charge is 2.46. The highest BCUT2D eigenvalue weighted by atomic mass is 32.2. The summed E-state index contributed by atoms with van der Waals surface area (Å²) in [5, 5.41) is 19.8. The molecule has 0 saturated heterocycles. The number of benzene rings is 5. The first-order valence-electron chi connectivity index (χ1n) is 26.8. The Hall–Kier alpha value is -5.85. The monoisotopic (exact) mass is 1070 g/mol. The minimum absolute atomic E-state index is 0.142. The summed E-state index contributed by atoms with van der Waals surface area (Å²) in [5.74, 6) is 0. The summed E-state index contributed by atoms with van der Waals surface area (Å²) < 4.78 is 47.6. The van der Waals surface area contributed by atoms with Crippen molar-refractivity contribution in [2.75, 3.05) is 130 Å². The van der Waals surface area contributed by atoms with Crippen molar-refractivity contribution in [3.63, 3.8) is 0 Å². The molecule has 2 aliphatic heterocycles. The number of methoxy groups -OCH3 is 2. The molecule has 0 atom stereocenters. The minimum Gasteiger partial charge on any atom is -0.382 e. The number of allylic oxidation sites excluding steroid dienone is 7. The van der Waals surface area contributed by atoms with E-state index in [9.17, 15) is 5.41 Å². The first-order valence-corrected chi connectivity index (χ1v) is 27.6. The second-order valence-electron chi connectivity index (χ2n) is 20.0. The van der Waals surface area contributed by atoms with E-state index in [1.165, 1.54) is 72.2 Å². The van der Waals surface area contributed by atoms with E-state index in [4.69, 9.17) is 43.4 Å². The zero-order valence-electron chi connectivity index (χ0n) is 45.8. The number of amidine groups is 1. The summed E-state index contributed by atoms with van der Waals surface area (Å²) in [6, 6.07) is 35.7. The summed E-state index contributed by atoms with van der Waals surface area (Å²) in [5.41, 5.74) is 17.7. The maximum Gasteiger partial charge on any atom is 0.210 e. The average Bonchev–Trinajstić information content (AvgIpc) is 4.09. The van der Waals surface area contributed by atoms with Gasteiger partial charge in [0.2, 0.25) is 5.69 Å². The molecule has 0 spiro atoms. The largest absolute Gasteiger partial charge is 0.382 e. The van der Waals surface area contributed by atoms with Crippen molar-refractivity contribution in [2.24, 2.45) is 5.22 Å². The summed E-state index contributed by atoms with van der Waals surface area (Å²) >= 11 is 1.35. The fourth-order valence-corrected chi connectivity index (χ4v) is 11.7. The van der Waals surface area contributed by atoms with Gasteiger partial charge in [-0.1, -0.05) is 104 Å². The minimum atomic E-state index is -0.346. The van der Waals surface area contributed by atoms with Gasteiger partial charge in [0.1, 0.15) is 6.61 Å². The Labute approximate surface area is 459 Å². The SMILES string of the molecule is COCCOCCOCCOCCN1/C(=C/C=C2\CCC(/C=C/C3=[N+](CCOCCOCCOCCOC)c4ccc5ccccc5c4C3(C)C)=C2SC(=N)N(N=N)c2ccccc2)C(C)(C)c2c1ccc1ccccc21. The molecule has 0 fully saturated rings. The van der Waals surface area contributed by atoms with Crippen LogP contribution in [0.5, 0.6) is 0 Å². The smallest absolute Gasteiger partial charge is 0.210 e. The van der Waals surface area contributed by atoms with Gasteiger partial charge < -0.3 is 42.8 Å². The second kappa shape index (κ2) is 28.2. The van der Waals surface area contributed by atoms with Crippen molar-refractivity contribution in [3.8, 4) is 0 Å². The van der Waals surface area contributed by atoms with Gasteiger partial charge in [-0.25, -0.2) is 0 Å². The number of nitrogens with one attached hydrogen (secondary N) is 2. The number of hydrogen-bond acceptors (Lipinski definition) is 13. The van der Waals surface area contributed by atoms with Crippen molar-refractivity contribution in [1.82, 2.24) is 0 Å². The van der Waals surface area contributed by atoms with Gasteiger partial charge in [-0.2, -0.15) is 15.1 Å². The molecule has 14 nitrogen and oxygen atoms in total. The molecular weight excluding hydrogens is 989 g/mol. The Balaban J connectivity index is 1.10. The number of rotatable bonds is 30. The molecule has 2 N–H and O–H groups in total. The van der Waals surface area contributed by atoms with Crippen molar-refractivity contribution in [2.45, 2.75) is 51.4 Å². The van der Waals surface area contributed by atoms with Crippen molar-refractivity contribution < 1.29 is 42.5 Å². The van der Waals surface area contributed by atoms with Crippen LogP contribution in [-0.2, 0) is 48.7 Å². The molecule has 5 aromatic carbocycles. The zero-order chi connectivity index (χ0) is 54.0. The third kappa shape index (κ3) is 13.9. The third-order valence-electron chi connectivity index (χ3n) is 14.4. The zero-order valence-corrected chi connectivity index (χ0v) is 46.6. The predicted octanol–water partition coefficient (Wildman–Crippen LogP) is 12.1. The van der Waals surface area contributed by atoms with Crippen LogP contribution in [0.2, 0.25) is 0 Å². The highest BCUT2D eigenvalue weighted by molar-refractivity contribution is 8.17. The maximum atomic E-state index is 9.49. The fraction of sp³-hybridized carbons (Fsp3) is 0.419. The van der Waals surface area contributed by atoms with Crippen LogP contribution < -0.4 is 9.91 Å². The van der Waals surface area contributed by atoms with E-state index >= 15 is 0 Å². The lowest BCUT2D eigenvalue weighted by Crippen LogP contribution is -2.29. The van der Waals surface area contributed by atoms with E-state index in [1.807, 2.05) is 30.3 Å². The Bertz CT molecular complexity index is 2970. The number of hydrogen-bond donors (Lipinski definition) is 2. The van der Waals surface area contributed by atoms with Crippen LogP contribution in [0.25, 0.3) is 21.5 Å². The van der Waals surface area contributed by atoms with Gasteiger partial charge in [-0.15, -0.1) is 0 Å². The normalized spacial score (nSPS) is 16.8. The van der Waals surface area contributed by atoms with Crippen molar-refractivity contribution in [1.29, 1.82) is 10.9 Å². The molecule has 1 aliphatic carbocycles. The van der Waals surface area contributed by atoms with Crippen LogP contribution in [-0.4, -0.2) is 135 Å². The van der Waals surface area contributed by atoms with E-state index in [0.717, 1.165) is 28.9 Å². The molecule has 5 aromatic rings. The third-order valence-corrected chi connectivity index (χ3v) is 15.5. The topological polar surface area (TPSA) is 143 Å². The number of thioether (sulfide) groups is 1. The molecule has 0 unspecified atom stereocenters. The Morgan fingerprint density at radius 3 is 1.77 bits per heavy atom. The molecule has 408 valence electrons. The van der Waals surface area contributed by atoms with Gasteiger partial charge in [-0.3, -0.25) is 5.41 Å². The lowest BCUT2D eigenvalue weighted by atomic mass is 9.79. The van der Waals surface area contributed by atoms with Gasteiger partial charge in [0.15, 0.2) is 17.4 Å². The van der Waals surface area contributed by atoms with Crippen molar-refractivity contribution >= 4 is 61.2 Å². The number of fused-ring (bicyclic) bond motifs is 6. The summed E-state index contributed by atoms with van der Waals surface area (Å²) in [4.78, 5) is 3.41. The van der Waals surface area contributed by atoms with E-state index in [0.29, 0.717) is 111 Å². The molecular formula is C62H77N6O8S+. The summed E-state index contributed by atoms with van der Waals surface area (Å²) in [6.45, 7) is 17.8. The number of nitrogens with zero attached hydrogens (tertiary/aromatic N) is 4. The Kier molecular flexibility index (Phi) is 21.0. The number of anilines is 2. The standard InChI is InChI=1S/C62H77N6O8S/c1-61(2)55(66(30-32-71-38-40-75-44-42-73-36-34-69-5)53-26-22-46-14-10-12-18-51(46)57(53)61)28-24-48-20-21-49(59(48)77-60(63)68(65-64)50-16-8-7-9-17-50)25-29-56-62(3,4)58-52-19-13-11-15-47(52)23-27-54(58)67(56)31-33-72-39-41-76-45-43-74-37-35-70-6/h7-19,22-29,63-64H,20-21,30-45H2,1-6H3/q+1. The van der Waals surface area contributed by atoms with Gasteiger partial charge >= 0.3 is 0 Å². The van der Waals surface area contributed by atoms with E-state index in [-0.39, 0.29) is 16.0 Å². The van der Waals surface area contributed by atoms with E-state index in [1.54, 1.807) is 14.2 Å². The lowest BCUT2D eigenvalue weighted by Gasteiger charge is -2.27. The first-order chi connectivity index (χ1) is 37.6. The molecule has 15 heteroatoms. The molecule has 0 bridgehead atoms. The van der Waals surface area contributed by atoms with Gasteiger partial charge in [0.25, 0.3) is 0 Å². The van der Waals surface area contributed by atoms with Crippen LogP contribution in [0, 0.1) is 10.9 Å². The molecule has 8 rings (SSSR count). The van der Waals surface area contributed by atoms with Gasteiger partial charge in [0.05, 0.1) is 97.0 Å². The first kappa shape index (κ1) is 57.3. The second-order valence-corrected chi connectivity index (χ2v) is 21.0. The summed E-state index contributed by atoms with van der Waals surface area (Å²) in [7, 11) is 3.33. The van der Waals surface area contributed by atoms with Crippen LogP contribution in [0.15, 0.2) is 154 Å². The van der Waals surface area contributed by atoms with Gasteiger partial charge in [-0.05, 0) is 107 Å². The van der Waals surface area contributed by atoms with E-state index < -0.39 is 0 Å². The van der Waals surface area contributed by atoms with Crippen LogP contribution in [0.3, 0.4) is 0 Å². The average molecular weight is 1070 g/mol. The lowest BCUT2D eigenvalue weighted by molar-refractivity contribution is -0.442. The molecule has 3 aliphatic rings. The fourth-order valence-electron chi connectivity index (χ4n) is 10.7. The molecule has 2 heterocycles. The van der Waals surface area contributed by atoms with Gasteiger partial charge in [0, 0.05) is 60.2 Å². The highest BCUT2D eigenvalue weighted by Crippen LogP contribution is 2.51. The number of ether oxygens (including phenoxy) is 8. The van der Waals surface area contributed by atoms with E-state index in [2.05, 4.69) is 139 Å². The molecule has 77 heavy (non-hydrogen) atoms. The Morgan fingerprint density at radius 1 is 0.610 bits per heavy atom. The predicted molar refractivity (Wildman–Crippen MR) is 311 cm³/mol. The molecule has 0 saturated carbocycles. The Morgan fingerprint density at radius 2 is 1.16 bits per heavy atom. The van der Waals surface area contributed by atoms with Crippen LogP contribution in [0.4, 0.5) is 17.1 Å². The summed E-state index contributed by atoms with van der Waals surface area (Å²) in [6.07, 6.45) is 10.7. The van der Waals surface area contributed by atoms with Crippen LogP contribution in [0.1, 0.15) is 51.7 Å². The molecule has 0 amide bonds. The van der Waals surface area contributed by atoms with Crippen molar-refractivity contribution in [3.05, 3.63) is 160 Å². The molecule has 0 aromatic heterocycles.